The molecule has 7 rings (SSSR count). The van der Waals surface area contributed by atoms with Crippen molar-refractivity contribution in [3.05, 3.63) is 184 Å². The van der Waals surface area contributed by atoms with Crippen LogP contribution in [0.3, 0.4) is 0 Å². The normalized spacial score (nSPS) is 13.1. The molecule has 0 atom stereocenters. The maximum Gasteiger partial charge on any atom is 0.0465 e. The number of nitrogens with zero attached hydrogens (tertiary/aromatic N) is 1. The van der Waals surface area contributed by atoms with Crippen LogP contribution in [0, 0.1) is 0 Å². The van der Waals surface area contributed by atoms with E-state index in [0.29, 0.717) is 0 Å². The Morgan fingerprint density at radius 1 is 0.571 bits per heavy atom. The minimum absolute atomic E-state index is 0.200. The number of hydrogen-bond donors (Lipinski definition) is 1. The van der Waals surface area contributed by atoms with Gasteiger partial charge < -0.3 is 10.6 Å². The van der Waals surface area contributed by atoms with Crippen molar-refractivity contribution in [2.45, 2.75) is 19.3 Å². The van der Waals surface area contributed by atoms with E-state index in [1.807, 2.05) is 24.3 Å². The number of fused-ring (bicyclic) bond motifs is 3. The van der Waals surface area contributed by atoms with Crippen LogP contribution in [0.5, 0.6) is 0 Å². The summed E-state index contributed by atoms with van der Waals surface area (Å²) in [5.41, 5.74) is 21.3. The molecular weight excluding hydrogens is 728 g/mol. The van der Waals surface area contributed by atoms with Gasteiger partial charge in [0, 0.05) is 42.7 Å². The van der Waals surface area contributed by atoms with Crippen molar-refractivity contribution in [2.24, 2.45) is 0 Å². The van der Waals surface area contributed by atoms with Gasteiger partial charge in [0.1, 0.15) is 0 Å². The fourth-order valence-electron chi connectivity index (χ4n) is 6.83. The smallest absolute Gasteiger partial charge is 0.0465 e. The molecular formula is C45H36Br2N2. The molecule has 0 bridgehead atoms. The van der Waals surface area contributed by atoms with Gasteiger partial charge in [-0.05, 0) is 123 Å². The number of nitrogen functional groups attached to an aromatic ring is 1. The van der Waals surface area contributed by atoms with Crippen LogP contribution in [-0.2, 0) is 5.41 Å². The lowest BCUT2D eigenvalue weighted by atomic mass is 9.81. The third-order valence-corrected chi connectivity index (χ3v) is 10.4. The molecule has 6 aromatic rings. The van der Waals surface area contributed by atoms with E-state index in [1.165, 1.54) is 27.8 Å². The summed E-state index contributed by atoms with van der Waals surface area (Å²) in [4.78, 5) is 2.32. The van der Waals surface area contributed by atoms with Crippen LogP contribution in [0.4, 0.5) is 22.7 Å². The van der Waals surface area contributed by atoms with Crippen LogP contribution in [0.15, 0.2) is 167 Å². The van der Waals surface area contributed by atoms with Gasteiger partial charge in [-0.3, -0.25) is 0 Å². The molecule has 0 unspecified atom stereocenters. The van der Waals surface area contributed by atoms with Crippen molar-refractivity contribution in [1.29, 1.82) is 0 Å². The molecule has 0 fully saturated rings. The van der Waals surface area contributed by atoms with Gasteiger partial charge in [-0.25, -0.2) is 0 Å². The number of nitrogens with two attached hydrogens (primary N) is 1. The summed E-state index contributed by atoms with van der Waals surface area (Å²) in [5, 5.41) is 0. The Morgan fingerprint density at radius 3 is 1.82 bits per heavy atom. The van der Waals surface area contributed by atoms with Gasteiger partial charge >= 0.3 is 0 Å². The van der Waals surface area contributed by atoms with Gasteiger partial charge in [-0.15, -0.1) is 0 Å². The summed E-state index contributed by atoms with van der Waals surface area (Å²) >= 11 is 7.22. The first-order valence-corrected chi connectivity index (χ1v) is 17.9. The Balaban J connectivity index is 1.27. The zero-order chi connectivity index (χ0) is 34.1. The predicted octanol–water partition coefficient (Wildman–Crippen LogP) is 13.7. The topological polar surface area (TPSA) is 29.3 Å². The van der Waals surface area contributed by atoms with Crippen molar-refractivity contribution >= 4 is 60.7 Å². The fourth-order valence-corrected chi connectivity index (χ4v) is 7.36. The van der Waals surface area contributed by atoms with Crippen molar-refractivity contribution in [3.63, 3.8) is 0 Å². The van der Waals surface area contributed by atoms with Gasteiger partial charge in [-0.1, -0.05) is 131 Å². The van der Waals surface area contributed by atoms with Crippen molar-refractivity contribution in [2.75, 3.05) is 10.6 Å². The number of allylic oxidation sites excluding steroid dienone is 4. The summed E-state index contributed by atoms with van der Waals surface area (Å²) in [5.74, 6) is 0. The first-order chi connectivity index (χ1) is 23.7. The summed E-state index contributed by atoms with van der Waals surface area (Å²) in [7, 11) is 0. The van der Waals surface area contributed by atoms with E-state index in [9.17, 15) is 0 Å². The Hall–Kier alpha value is -4.90. The molecule has 0 radical (unpaired) electrons. The van der Waals surface area contributed by atoms with Crippen LogP contribution in [0.25, 0.3) is 39.5 Å². The SMILES string of the molecule is C=C/C=C\C=C/c1ccccc1-c1cc(-c2ccc3c(c2)C(C)(C)c2cc(N(c4ccc(Br)cc4)c4ccc(Br)cc4)ccc2-3)ccc1N. The van der Waals surface area contributed by atoms with Crippen LogP contribution < -0.4 is 10.6 Å². The van der Waals surface area contributed by atoms with Gasteiger partial charge in [0.2, 0.25) is 0 Å². The second-order valence-corrected chi connectivity index (χ2v) is 14.6. The third kappa shape index (κ3) is 6.35. The fraction of sp³-hybridized carbons (Fsp3) is 0.0667. The van der Waals surface area contributed by atoms with Crippen LogP contribution in [0.1, 0.15) is 30.5 Å². The Kier molecular flexibility index (Phi) is 9.02. The molecule has 0 heterocycles. The Bertz CT molecular complexity index is 2200. The molecule has 49 heavy (non-hydrogen) atoms. The molecule has 0 aromatic heterocycles. The zero-order valence-corrected chi connectivity index (χ0v) is 30.7. The molecule has 6 aromatic carbocycles. The van der Waals surface area contributed by atoms with E-state index in [2.05, 4.69) is 185 Å². The van der Waals surface area contributed by atoms with Gasteiger partial charge in [0.25, 0.3) is 0 Å². The molecule has 4 heteroatoms. The minimum Gasteiger partial charge on any atom is -0.398 e. The van der Waals surface area contributed by atoms with Crippen molar-refractivity contribution in [1.82, 2.24) is 0 Å². The molecule has 2 N–H and O–H groups in total. The van der Waals surface area contributed by atoms with Crippen molar-refractivity contribution < 1.29 is 0 Å². The third-order valence-electron chi connectivity index (χ3n) is 9.36. The van der Waals surface area contributed by atoms with E-state index in [0.717, 1.165) is 53.9 Å². The van der Waals surface area contributed by atoms with E-state index in [1.54, 1.807) is 6.08 Å². The van der Waals surface area contributed by atoms with Crippen LogP contribution >= 0.6 is 31.9 Å². The standard InChI is InChI=1S/C45H36Br2N2/c1-4-5-6-7-10-30-11-8-9-12-38(30)41-27-31(14-26-44(41)48)32-13-24-39-40-25-23-37(29-43(40)45(2,3)42(39)28-32)49(35-19-15-33(46)16-20-35)36-21-17-34(47)18-22-36/h4-29H,1,48H2,2-3H3/b6-5-,10-7-. The molecule has 0 saturated heterocycles. The second kappa shape index (κ2) is 13.5. The predicted molar refractivity (Wildman–Crippen MR) is 218 cm³/mol. The molecule has 0 spiro atoms. The Morgan fingerprint density at radius 2 is 1.14 bits per heavy atom. The quantitative estimate of drug-likeness (QED) is 0.124. The first kappa shape index (κ1) is 32.6. The molecule has 1 aliphatic carbocycles. The van der Waals surface area contributed by atoms with Gasteiger partial charge in [-0.2, -0.15) is 0 Å². The highest BCUT2D eigenvalue weighted by Crippen LogP contribution is 2.52. The van der Waals surface area contributed by atoms with E-state index in [4.69, 9.17) is 5.73 Å². The van der Waals surface area contributed by atoms with Gasteiger partial charge in [0.15, 0.2) is 0 Å². The van der Waals surface area contributed by atoms with E-state index in [-0.39, 0.29) is 5.41 Å². The monoisotopic (exact) mass is 762 g/mol. The summed E-state index contributed by atoms with van der Waals surface area (Å²) in [6.07, 6.45) is 9.82. The molecule has 0 aliphatic heterocycles. The molecule has 1 aliphatic rings. The number of hydrogen-bond acceptors (Lipinski definition) is 2. The average molecular weight is 765 g/mol. The van der Waals surface area contributed by atoms with Gasteiger partial charge in [0.05, 0.1) is 0 Å². The molecule has 240 valence electrons. The average Bonchev–Trinajstić information content (AvgIpc) is 3.34. The summed E-state index contributed by atoms with van der Waals surface area (Å²) < 4.78 is 2.11. The maximum atomic E-state index is 6.61. The molecule has 2 nitrogen and oxygen atoms in total. The molecule has 0 amide bonds. The van der Waals surface area contributed by atoms with Crippen LogP contribution in [-0.4, -0.2) is 0 Å². The maximum absolute atomic E-state index is 6.61. The second-order valence-electron chi connectivity index (χ2n) is 12.8. The lowest BCUT2D eigenvalue weighted by Gasteiger charge is -2.28. The largest absolute Gasteiger partial charge is 0.398 e. The zero-order valence-electron chi connectivity index (χ0n) is 27.5. The summed E-state index contributed by atoms with van der Waals surface area (Å²) in [6.45, 7) is 8.44. The Labute approximate surface area is 306 Å². The molecule has 0 saturated carbocycles. The highest BCUT2D eigenvalue weighted by Gasteiger charge is 2.36. The number of anilines is 4. The highest BCUT2D eigenvalue weighted by atomic mass is 79.9. The minimum atomic E-state index is -0.200. The van der Waals surface area contributed by atoms with Crippen molar-refractivity contribution in [3.8, 4) is 33.4 Å². The first-order valence-electron chi connectivity index (χ1n) is 16.3. The highest BCUT2D eigenvalue weighted by molar-refractivity contribution is 9.10. The number of rotatable bonds is 8. The number of benzene rings is 6. The van der Waals surface area contributed by atoms with E-state index < -0.39 is 0 Å². The lowest BCUT2D eigenvalue weighted by molar-refractivity contribution is 0.660. The van der Waals surface area contributed by atoms with E-state index >= 15 is 0 Å². The number of halogens is 2. The van der Waals surface area contributed by atoms with Crippen LogP contribution in [0.2, 0.25) is 0 Å². The summed E-state index contributed by atoms with van der Waals surface area (Å²) in [6, 6.07) is 45.6. The lowest BCUT2D eigenvalue weighted by Crippen LogP contribution is -2.16.